The number of para-hydroxylation sites is 1. The maximum atomic E-state index is 9.67. The van der Waals surface area contributed by atoms with Crippen LogP contribution in [0.25, 0.3) is 5.69 Å². The Labute approximate surface area is 118 Å². The zero-order chi connectivity index (χ0) is 14.4. The maximum absolute atomic E-state index is 9.67. The molecule has 0 radical (unpaired) electrons. The quantitative estimate of drug-likeness (QED) is 0.807. The molecule has 0 saturated heterocycles. The molecule has 0 bridgehead atoms. The number of benzene rings is 1. The van der Waals surface area contributed by atoms with E-state index in [4.69, 9.17) is 4.74 Å². The number of likely N-dealkylation sites (N-methyl/N-ethyl adjacent to an activating group) is 1. The Morgan fingerprint density at radius 2 is 2.10 bits per heavy atom. The monoisotopic (exact) mass is 276 g/mol. The lowest BCUT2D eigenvalue weighted by Crippen LogP contribution is -2.31. The lowest BCUT2D eigenvalue weighted by atomic mass is 10.3. The fourth-order valence-corrected chi connectivity index (χ4v) is 2.00. The molecule has 1 unspecified atom stereocenters. The van der Waals surface area contributed by atoms with E-state index in [1.807, 2.05) is 42.3 Å². The molecule has 6 nitrogen and oxygen atoms in total. The van der Waals surface area contributed by atoms with Crippen LogP contribution in [0.1, 0.15) is 5.69 Å². The average molecular weight is 276 g/mol. The summed E-state index contributed by atoms with van der Waals surface area (Å²) in [5.74, 6) is 0. The molecule has 2 rings (SSSR count). The minimum atomic E-state index is -0.492. The zero-order valence-corrected chi connectivity index (χ0v) is 11.8. The number of aliphatic hydroxyl groups is 1. The van der Waals surface area contributed by atoms with Crippen LogP contribution in [0.2, 0.25) is 0 Å². The van der Waals surface area contributed by atoms with E-state index in [9.17, 15) is 5.11 Å². The molecule has 1 aromatic carbocycles. The summed E-state index contributed by atoms with van der Waals surface area (Å²) in [5, 5.41) is 18.3. The van der Waals surface area contributed by atoms with Gasteiger partial charge >= 0.3 is 0 Å². The van der Waals surface area contributed by atoms with Crippen molar-refractivity contribution in [3.05, 3.63) is 42.2 Å². The third kappa shape index (κ3) is 4.12. The third-order valence-corrected chi connectivity index (χ3v) is 2.84. The summed E-state index contributed by atoms with van der Waals surface area (Å²) in [6.07, 6.45) is 1.25. The van der Waals surface area contributed by atoms with Gasteiger partial charge in [-0.1, -0.05) is 18.2 Å². The highest BCUT2D eigenvalue weighted by atomic mass is 16.5. The molecule has 108 valence electrons. The molecule has 0 fully saturated rings. The minimum Gasteiger partial charge on any atom is -0.389 e. The summed E-state index contributed by atoms with van der Waals surface area (Å²) >= 11 is 0. The normalized spacial score (nSPS) is 12.8. The second kappa shape index (κ2) is 7.14. The summed E-state index contributed by atoms with van der Waals surface area (Å²) in [5.41, 5.74) is 1.79. The number of ether oxygens (including phenoxy) is 1. The van der Waals surface area contributed by atoms with Crippen LogP contribution in [-0.4, -0.2) is 58.4 Å². The molecule has 0 amide bonds. The summed E-state index contributed by atoms with van der Waals surface area (Å²) in [4.78, 5) is 3.60. The van der Waals surface area contributed by atoms with Gasteiger partial charge in [0.2, 0.25) is 0 Å². The van der Waals surface area contributed by atoms with Gasteiger partial charge in [0.05, 0.1) is 30.3 Å². The van der Waals surface area contributed by atoms with Crippen LogP contribution in [0, 0.1) is 0 Å². The highest BCUT2D eigenvalue weighted by Crippen LogP contribution is 2.05. The van der Waals surface area contributed by atoms with Crippen LogP contribution in [0.4, 0.5) is 0 Å². The van der Waals surface area contributed by atoms with Gasteiger partial charge in [0.25, 0.3) is 0 Å². The molecular weight excluding hydrogens is 256 g/mol. The zero-order valence-electron chi connectivity index (χ0n) is 11.8. The van der Waals surface area contributed by atoms with Gasteiger partial charge < -0.3 is 9.84 Å². The molecule has 2 aromatic rings. The number of nitrogens with zero attached hydrogens (tertiary/aromatic N) is 4. The predicted octanol–water partition coefficient (Wildman–Crippen LogP) is 0.706. The fraction of sp³-hybridized carbons (Fsp3) is 0.429. The lowest BCUT2D eigenvalue weighted by Gasteiger charge is -2.18. The summed E-state index contributed by atoms with van der Waals surface area (Å²) in [6.45, 7) is 1.50. The first-order valence-corrected chi connectivity index (χ1v) is 6.51. The smallest absolute Gasteiger partial charge is 0.0971 e. The standard InChI is InChI=1S/C14H20N4O2/c1-17(10-14(19)11-20-2)9-12-8-15-18(16-12)13-6-4-3-5-7-13/h3-8,14,19H,9-11H2,1-2H3. The number of aliphatic hydroxyl groups excluding tert-OH is 1. The van der Waals surface area contributed by atoms with Gasteiger partial charge in [0.1, 0.15) is 0 Å². The van der Waals surface area contributed by atoms with Crippen LogP contribution in [0.5, 0.6) is 0 Å². The van der Waals surface area contributed by atoms with E-state index >= 15 is 0 Å². The van der Waals surface area contributed by atoms with E-state index in [0.29, 0.717) is 19.7 Å². The molecule has 1 N–H and O–H groups in total. The van der Waals surface area contributed by atoms with E-state index in [-0.39, 0.29) is 0 Å². The van der Waals surface area contributed by atoms with Crippen LogP contribution in [0.3, 0.4) is 0 Å². The van der Waals surface area contributed by atoms with Gasteiger partial charge in [-0.2, -0.15) is 15.0 Å². The molecule has 0 spiro atoms. The molecule has 0 aliphatic carbocycles. The topological polar surface area (TPSA) is 63.4 Å². The Morgan fingerprint density at radius 3 is 2.80 bits per heavy atom. The van der Waals surface area contributed by atoms with Crippen molar-refractivity contribution in [3.8, 4) is 5.69 Å². The average Bonchev–Trinajstić information content (AvgIpc) is 2.88. The molecular formula is C14H20N4O2. The Morgan fingerprint density at radius 1 is 1.35 bits per heavy atom. The van der Waals surface area contributed by atoms with E-state index in [1.54, 1.807) is 18.1 Å². The van der Waals surface area contributed by atoms with E-state index < -0.39 is 6.10 Å². The second-order valence-electron chi connectivity index (χ2n) is 4.77. The molecule has 1 heterocycles. The number of rotatable bonds is 7. The van der Waals surface area contributed by atoms with Gasteiger partial charge in [-0.25, -0.2) is 0 Å². The second-order valence-corrected chi connectivity index (χ2v) is 4.77. The summed E-state index contributed by atoms with van der Waals surface area (Å²) in [7, 11) is 3.51. The number of hydrogen-bond donors (Lipinski definition) is 1. The number of methoxy groups -OCH3 is 1. The van der Waals surface area contributed by atoms with Crippen LogP contribution >= 0.6 is 0 Å². The highest BCUT2D eigenvalue weighted by Gasteiger charge is 2.10. The fourth-order valence-electron chi connectivity index (χ4n) is 2.00. The SMILES string of the molecule is COCC(O)CN(C)Cc1cnn(-c2ccccc2)n1. The summed E-state index contributed by atoms with van der Waals surface area (Å²) < 4.78 is 4.91. The summed E-state index contributed by atoms with van der Waals surface area (Å²) in [6, 6.07) is 9.77. The van der Waals surface area contributed by atoms with Crippen LogP contribution < -0.4 is 0 Å². The first-order chi connectivity index (χ1) is 9.69. The van der Waals surface area contributed by atoms with Crippen LogP contribution in [0.15, 0.2) is 36.5 Å². The molecule has 6 heteroatoms. The Kier molecular flexibility index (Phi) is 5.23. The number of aromatic nitrogens is 3. The minimum absolute atomic E-state index is 0.334. The number of hydrogen-bond acceptors (Lipinski definition) is 5. The lowest BCUT2D eigenvalue weighted by molar-refractivity contribution is 0.0416. The Balaban J connectivity index is 1.93. The van der Waals surface area contributed by atoms with Gasteiger partial charge in [-0.05, 0) is 19.2 Å². The van der Waals surface area contributed by atoms with Crippen molar-refractivity contribution in [1.29, 1.82) is 0 Å². The van der Waals surface area contributed by atoms with E-state index in [0.717, 1.165) is 11.4 Å². The van der Waals surface area contributed by atoms with Crippen molar-refractivity contribution in [1.82, 2.24) is 19.9 Å². The molecule has 1 atom stereocenters. The molecule has 0 aliphatic rings. The molecule has 0 saturated carbocycles. The van der Waals surface area contributed by atoms with E-state index in [1.165, 1.54) is 0 Å². The van der Waals surface area contributed by atoms with Gasteiger partial charge in [0, 0.05) is 20.2 Å². The van der Waals surface area contributed by atoms with Gasteiger partial charge in [0.15, 0.2) is 0 Å². The van der Waals surface area contributed by atoms with Gasteiger partial charge in [-0.3, -0.25) is 4.90 Å². The van der Waals surface area contributed by atoms with Gasteiger partial charge in [-0.15, -0.1) is 0 Å². The van der Waals surface area contributed by atoms with Crippen molar-refractivity contribution >= 4 is 0 Å². The Hall–Kier alpha value is -1.76. The largest absolute Gasteiger partial charge is 0.389 e. The third-order valence-electron chi connectivity index (χ3n) is 2.84. The van der Waals surface area contributed by atoms with Crippen molar-refractivity contribution < 1.29 is 9.84 Å². The molecule has 1 aromatic heterocycles. The van der Waals surface area contributed by atoms with Crippen molar-refractivity contribution in [2.75, 3.05) is 27.3 Å². The molecule has 0 aliphatic heterocycles. The highest BCUT2D eigenvalue weighted by molar-refractivity contribution is 5.28. The predicted molar refractivity (Wildman–Crippen MR) is 75.6 cm³/mol. The van der Waals surface area contributed by atoms with E-state index in [2.05, 4.69) is 10.2 Å². The molecule has 20 heavy (non-hydrogen) atoms. The maximum Gasteiger partial charge on any atom is 0.0971 e. The first kappa shape index (κ1) is 14.6. The van der Waals surface area contributed by atoms with Crippen LogP contribution in [-0.2, 0) is 11.3 Å². The van der Waals surface area contributed by atoms with Crippen molar-refractivity contribution in [2.24, 2.45) is 0 Å². The Bertz CT molecular complexity index is 515. The van der Waals surface area contributed by atoms with Crippen molar-refractivity contribution in [2.45, 2.75) is 12.6 Å². The first-order valence-electron chi connectivity index (χ1n) is 6.51. The van der Waals surface area contributed by atoms with Crippen molar-refractivity contribution in [3.63, 3.8) is 0 Å².